The van der Waals surface area contributed by atoms with Gasteiger partial charge >= 0.3 is 12.1 Å². The van der Waals surface area contributed by atoms with Crippen LogP contribution in [0.1, 0.15) is 34.8 Å². The zero-order valence-electron chi connectivity index (χ0n) is 13.3. The first-order chi connectivity index (χ1) is 11.8. The first kappa shape index (κ1) is 19.2. The maximum absolute atomic E-state index is 12.6. The Labute approximate surface area is 151 Å². The molecule has 0 amide bonds. The van der Waals surface area contributed by atoms with Gasteiger partial charge in [0.2, 0.25) is 0 Å². The summed E-state index contributed by atoms with van der Waals surface area (Å²) in [6.45, 7) is 0. The van der Waals surface area contributed by atoms with Crippen molar-refractivity contribution in [2.45, 2.75) is 25.1 Å². The van der Waals surface area contributed by atoms with Crippen LogP contribution in [0, 0.1) is 0 Å². The van der Waals surface area contributed by atoms with Crippen LogP contribution in [0.2, 0.25) is 0 Å². The van der Waals surface area contributed by atoms with Gasteiger partial charge in [0.1, 0.15) is 5.82 Å². The van der Waals surface area contributed by atoms with Crippen LogP contribution in [-0.2, 0) is 4.74 Å². The summed E-state index contributed by atoms with van der Waals surface area (Å²) in [7, 11) is 1.26. The minimum Gasteiger partial charge on any atom is -0.465 e. The Morgan fingerprint density at radius 2 is 1.92 bits per heavy atom. The summed E-state index contributed by atoms with van der Waals surface area (Å²) in [6, 6.07) is 9.51. The number of carbonyl (C=O) groups is 1. The number of nitrogens with zero attached hydrogens (tertiary/aromatic N) is 1. The molecule has 1 aromatic heterocycles. The molecule has 8 heteroatoms. The van der Waals surface area contributed by atoms with Gasteiger partial charge in [-0.3, -0.25) is 0 Å². The van der Waals surface area contributed by atoms with E-state index >= 15 is 0 Å². The molecule has 4 nitrogen and oxygen atoms in total. The fourth-order valence-electron chi connectivity index (χ4n) is 2.22. The van der Waals surface area contributed by atoms with Crippen LogP contribution < -0.4 is 5.32 Å². The number of halogens is 4. The van der Waals surface area contributed by atoms with E-state index in [0.717, 1.165) is 4.47 Å². The SMILES string of the molecule is COC(=O)c1ccc(NC(CCC(F)(F)F)c2ccc(Br)cc2)nc1. The van der Waals surface area contributed by atoms with Crippen LogP contribution in [-0.4, -0.2) is 24.2 Å². The maximum Gasteiger partial charge on any atom is 0.389 e. The number of hydrogen-bond donors (Lipinski definition) is 1. The highest BCUT2D eigenvalue weighted by molar-refractivity contribution is 9.10. The quantitative estimate of drug-likeness (QED) is 0.663. The van der Waals surface area contributed by atoms with E-state index in [-0.39, 0.29) is 12.0 Å². The number of benzene rings is 1. The molecule has 25 heavy (non-hydrogen) atoms. The second-order valence-corrected chi connectivity index (χ2v) is 6.24. The molecule has 0 fully saturated rings. The smallest absolute Gasteiger partial charge is 0.389 e. The summed E-state index contributed by atoms with van der Waals surface area (Å²) in [5.41, 5.74) is 0.981. The topological polar surface area (TPSA) is 51.2 Å². The molecule has 1 N–H and O–H groups in total. The van der Waals surface area contributed by atoms with E-state index in [0.29, 0.717) is 11.4 Å². The molecular weight excluding hydrogens is 401 g/mol. The predicted molar refractivity (Wildman–Crippen MR) is 91.4 cm³/mol. The Morgan fingerprint density at radius 1 is 1.24 bits per heavy atom. The molecule has 0 aliphatic carbocycles. The molecule has 0 radical (unpaired) electrons. The summed E-state index contributed by atoms with van der Waals surface area (Å²) in [6.07, 6.45) is -3.97. The summed E-state index contributed by atoms with van der Waals surface area (Å²) >= 11 is 3.30. The number of esters is 1. The first-order valence-corrected chi connectivity index (χ1v) is 8.21. The zero-order valence-corrected chi connectivity index (χ0v) is 14.9. The van der Waals surface area contributed by atoms with Crippen LogP contribution in [0.15, 0.2) is 47.1 Å². The molecule has 134 valence electrons. The fraction of sp³-hybridized carbons (Fsp3) is 0.294. The van der Waals surface area contributed by atoms with Gasteiger partial charge in [-0.2, -0.15) is 13.2 Å². The molecule has 0 aliphatic rings. The normalized spacial score (nSPS) is 12.5. The van der Waals surface area contributed by atoms with E-state index in [1.807, 2.05) is 0 Å². The summed E-state index contributed by atoms with van der Waals surface area (Å²) in [4.78, 5) is 15.5. The van der Waals surface area contributed by atoms with Crippen molar-refractivity contribution in [3.63, 3.8) is 0 Å². The molecule has 0 saturated heterocycles. The summed E-state index contributed by atoms with van der Waals surface area (Å²) in [5, 5.41) is 2.99. The van der Waals surface area contributed by atoms with Crippen molar-refractivity contribution in [2.75, 3.05) is 12.4 Å². The lowest BCUT2D eigenvalue weighted by Gasteiger charge is -2.21. The Morgan fingerprint density at radius 3 is 2.44 bits per heavy atom. The molecule has 0 bridgehead atoms. The third kappa shape index (κ3) is 6.04. The molecular formula is C17H16BrF3N2O2. The molecule has 1 aromatic carbocycles. The predicted octanol–water partition coefficient (Wildman–Crippen LogP) is 5.13. The Balaban J connectivity index is 2.17. The molecule has 1 unspecified atom stereocenters. The van der Waals surface area contributed by atoms with Crippen molar-refractivity contribution >= 4 is 27.7 Å². The number of anilines is 1. The van der Waals surface area contributed by atoms with E-state index in [2.05, 4.69) is 31.0 Å². The van der Waals surface area contributed by atoms with Gasteiger partial charge in [0.15, 0.2) is 0 Å². The second kappa shape index (κ2) is 8.33. The number of aromatic nitrogens is 1. The lowest BCUT2D eigenvalue weighted by molar-refractivity contribution is -0.136. The van der Waals surface area contributed by atoms with E-state index in [9.17, 15) is 18.0 Å². The number of methoxy groups -OCH3 is 1. The van der Waals surface area contributed by atoms with Crippen molar-refractivity contribution in [3.8, 4) is 0 Å². The summed E-state index contributed by atoms with van der Waals surface area (Å²) < 4.78 is 43.3. The standard InChI is InChI=1S/C17H16BrF3N2O2/c1-25-16(24)12-4-7-15(22-10-12)23-14(8-9-17(19,20)21)11-2-5-13(18)6-3-11/h2-7,10,14H,8-9H2,1H3,(H,22,23). The van der Waals surface area contributed by atoms with Crippen LogP contribution in [0.25, 0.3) is 0 Å². The molecule has 2 rings (SSSR count). The number of nitrogens with one attached hydrogen (secondary N) is 1. The summed E-state index contributed by atoms with van der Waals surface area (Å²) in [5.74, 6) is -0.150. The van der Waals surface area contributed by atoms with Gasteiger partial charge in [-0.25, -0.2) is 9.78 Å². The monoisotopic (exact) mass is 416 g/mol. The fourth-order valence-corrected chi connectivity index (χ4v) is 2.49. The largest absolute Gasteiger partial charge is 0.465 e. The highest BCUT2D eigenvalue weighted by Gasteiger charge is 2.29. The lowest BCUT2D eigenvalue weighted by atomic mass is 10.0. The minimum atomic E-state index is -4.24. The van der Waals surface area contributed by atoms with Gasteiger partial charge in [-0.05, 0) is 36.2 Å². The van der Waals surface area contributed by atoms with Crippen molar-refractivity contribution in [2.24, 2.45) is 0 Å². The number of alkyl halides is 3. The molecule has 2 aromatic rings. The minimum absolute atomic E-state index is 0.133. The Kier molecular flexibility index (Phi) is 6.41. The van der Waals surface area contributed by atoms with Crippen LogP contribution in [0.3, 0.4) is 0 Å². The average Bonchev–Trinajstić information content (AvgIpc) is 2.58. The van der Waals surface area contributed by atoms with Crippen molar-refractivity contribution in [3.05, 3.63) is 58.2 Å². The van der Waals surface area contributed by atoms with Crippen LogP contribution in [0.4, 0.5) is 19.0 Å². The van der Waals surface area contributed by atoms with Crippen molar-refractivity contribution in [1.29, 1.82) is 0 Å². The van der Waals surface area contributed by atoms with Gasteiger partial charge in [0.25, 0.3) is 0 Å². The van der Waals surface area contributed by atoms with Gasteiger partial charge in [0.05, 0.1) is 18.7 Å². The van der Waals surface area contributed by atoms with Gasteiger partial charge in [-0.1, -0.05) is 28.1 Å². The van der Waals surface area contributed by atoms with Gasteiger partial charge < -0.3 is 10.1 Å². The average molecular weight is 417 g/mol. The van der Waals surface area contributed by atoms with E-state index in [1.54, 1.807) is 24.3 Å². The van der Waals surface area contributed by atoms with Crippen LogP contribution >= 0.6 is 15.9 Å². The highest BCUT2D eigenvalue weighted by Crippen LogP contribution is 2.30. The molecule has 0 saturated carbocycles. The number of carbonyl (C=O) groups excluding carboxylic acids is 1. The van der Waals surface area contributed by atoms with Crippen LogP contribution in [0.5, 0.6) is 0 Å². The zero-order chi connectivity index (χ0) is 18.4. The number of ether oxygens (including phenoxy) is 1. The van der Waals surface area contributed by atoms with Crippen molar-refractivity contribution in [1.82, 2.24) is 4.98 Å². The molecule has 0 aliphatic heterocycles. The first-order valence-electron chi connectivity index (χ1n) is 7.41. The molecule has 1 heterocycles. The molecule has 1 atom stereocenters. The van der Waals surface area contributed by atoms with E-state index in [4.69, 9.17) is 0 Å². The Bertz CT molecular complexity index is 703. The Hall–Kier alpha value is -2.09. The van der Waals surface area contributed by atoms with Gasteiger partial charge in [0, 0.05) is 17.1 Å². The van der Waals surface area contributed by atoms with E-state index < -0.39 is 24.6 Å². The lowest BCUT2D eigenvalue weighted by Crippen LogP contribution is -2.16. The third-order valence-corrected chi connectivity index (χ3v) is 4.02. The number of rotatable bonds is 6. The number of pyridine rings is 1. The highest BCUT2D eigenvalue weighted by atomic mass is 79.9. The number of hydrogen-bond acceptors (Lipinski definition) is 4. The molecule has 0 spiro atoms. The third-order valence-electron chi connectivity index (χ3n) is 3.50. The van der Waals surface area contributed by atoms with Gasteiger partial charge in [-0.15, -0.1) is 0 Å². The maximum atomic E-state index is 12.6. The van der Waals surface area contributed by atoms with Crippen molar-refractivity contribution < 1.29 is 22.7 Å². The van der Waals surface area contributed by atoms with E-state index in [1.165, 1.54) is 25.4 Å². The second-order valence-electron chi connectivity index (χ2n) is 5.33.